The highest BCUT2D eigenvalue weighted by atomic mass is 16.2. The molecule has 0 aromatic carbocycles. The van der Waals surface area contributed by atoms with Crippen LogP contribution in [0.4, 0.5) is 4.79 Å². The molecule has 8 heteroatoms. The minimum atomic E-state index is -0.659. The SMILES string of the molecule is C=CCNC(=O)C(=O)C(CCC)NC(=C)C1[C@@H]2C(CN1C(=C)C(NC(N)=O)C1(C)CCCCC1)C2(C)C. The number of amides is 3. The molecule has 3 rings (SSSR count). The molecule has 3 fully saturated rings. The second kappa shape index (κ2) is 11.3. The topological polar surface area (TPSA) is 117 Å². The normalized spacial score (nSPS) is 26.7. The van der Waals surface area contributed by atoms with Crippen LogP contribution in [0.5, 0.6) is 0 Å². The predicted octanol–water partition coefficient (Wildman–Crippen LogP) is 3.61. The van der Waals surface area contributed by atoms with Gasteiger partial charge < -0.3 is 26.6 Å². The Bertz CT molecular complexity index is 936. The number of urea groups is 1. The second-order valence-electron chi connectivity index (χ2n) is 12.1. The number of rotatable bonds is 13. The van der Waals surface area contributed by atoms with Crippen LogP contribution >= 0.6 is 0 Å². The van der Waals surface area contributed by atoms with Gasteiger partial charge in [-0.15, -0.1) is 6.58 Å². The Morgan fingerprint density at radius 2 is 1.76 bits per heavy atom. The quantitative estimate of drug-likeness (QED) is 0.222. The van der Waals surface area contributed by atoms with Crippen molar-refractivity contribution in [3.8, 4) is 0 Å². The molecule has 1 saturated heterocycles. The van der Waals surface area contributed by atoms with Gasteiger partial charge in [0.15, 0.2) is 0 Å². The summed E-state index contributed by atoms with van der Waals surface area (Å²) in [5.74, 6) is -0.322. The van der Waals surface area contributed by atoms with Crippen molar-refractivity contribution in [1.29, 1.82) is 0 Å². The average molecular weight is 514 g/mol. The minimum Gasteiger partial charge on any atom is -0.377 e. The van der Waals surface area contributed by atoms with Crippen LogP contribution in [0.2, 0.25) is 0 Å². The molecule has 1 aliphatic heterocycles. The molecule has 3 aliphatic rings. The van der Waals surface area contributed by atoms with Gasteiger partial charge in [0.05, 0.1) is 18.1 Å². The van der Waals surface area contributed by atoms with Crippen LogP contribution in [0.3, 0.4) is 0 Å². The summed E-state index contributed by atoms with van der Waals surface area (Å²) in [6, 6.07) is -1.58. The molecule has 206 valence electrons. The van der Waals surface area contributed by atoms with E-state index in [0.29, 0.717) is 24.0 Å². The van der Waals surface area contributed by atoms with Gasteiger partial charge in [0.2, 0.25) is 5.78 Å². The lowest BCUT2D eigenvalue weighted by molar-refractivity contribution is -0.139. The van der Waals surface area contributed by atoms with Crippen LogP contribution in [-0.2, 0) is 9.59 Å². The van der Waals surface area contributed by atoms with Gasteiger partial charge in [-0.1, -0.05) is 72.6 Å². The van der Waals surface area contributed by atoms with E-state index in [1.54, 1.807) is 6.08 Å². The average Bonchev–Trinajstić information content (AvgIpc) is 3.18. The van der Waals surface area contributed by atoms with E-state index in [1.807, 2.05) is 6.92 Å². The number of nitrogens with two attached hydrogens (primary N) is 1. The van der Waals surface area contributed by atoms with Crippen molar-refractivity contribution < 1.29 is 14.4 Å². The zero-order valence-corrected chi connectivity index (χ0v) is 23.2. The number of fused-ring (bicyclic) bond motifs is 1. The van der Waals surface area contributed by atoms with Gasteiger partial charge in [-0.3, -0.25) is 9.59 Å². The first kappa shape index (κ1) is 28.8. The Hall–Kier alpha value is -2.77. The first-order chi connectivity index (χ1) is 17.4. The lowest BCUT2D eigenvalue weighted by atomic mass is 9.69. The number of Topliss-reactive ketones (excluding diaryl/α,β-unsaturated/α-hetero) is 1. The van der Waals surface area contributed by atoms with E-state index in [2.05, 4.69) is 61.4 Å². The number of carbonyl (C=O) groups is 3. The molecule has 37 heavy (non-hydrogen) atoms. The smallest absolute Gasteiger partial charge is 0.312 e. The first-order valence-electron chi connectivity index (χ1n) is 13.8. The fraction of sp³-hybridized carbons (Fsp3) is 0.690. The van der Waals surface area contributed by atoms with Gasteiger partial charge >= 0.3 is 6.03 Å². The van der Waals surface area contributed by atoms with Crippen molar-refractivity contribution in [2.75, 3.05) is 13.1 Å². The molecule has 1 heterocycles. The number of ketones is 1. The van der Waals surface area contributed by atoms with Crippen LogP contribution in [0, 0.1) is 22.7 Å². The van der Waals surface area contributed by atoms with Crippen LogP contribution in [0.15, 0.2) is 37.2 Å². The molecule has 3 amide bonds. The highest BCUT2D eigenvalue weighted by Crippen LogP contribution is 2.66. The van der Waals surface area contributed by atoms with Crippen molar-refractivity contribution in [3.63, 3.8) is 0 Å². The molecule has 2 saturated carbocycles. The van der Waals surface area contributed by atoms with Gasteiger partial charge in [0, 0.05) is 24.5 Å². The number of hydrogen-bond acceptors (Lipinski definition) is 5. The van der Waals surface area contributed by atoms with E-state index < -0.39 is 23.8 Å². The van der Waals surface area contributed by atoms with E-state index in [1.165, 1.54) is 6.42 Å². The maximum atomic E-state index is 13.0. The largest absolute Gasteiger partial charge is 0.377 e. The summed E-state index contributed by atoms with van der Waals surface area (Å²) in [6.45, 7) is 22.3. The maximum absolute atomic E-state index is 13.0. The van der Waals surface area contributed by atoms with Crippen molar-refractivity contribution in [2.24, 2.45) is 28.4 Å². The molecule has 5 atom stereocenters. The highest BCUT2D eigenvalue weighted by Gasteiger charge is 2.68. The summed E-state index contributed by atoms with van der Waals surface area (Å²) in [6.07, 6.45) is 8.25. The standard InChI is InChI=1S/C29H47N5O3/c1-8-13-21(24(35)26(36)31-16-9-2)32-18(3)23-22-20(28(22,5)6)17-34(23)19(4)25(33-27(30)37)29(7)14-11-10-12-15-29/h9,20-23,25,32H,2-4,8,10-17H2,1,5-7H3,(H,31,36)(H3,30,33,37)/t20?,21?,22-,23?,25?/m0/s1. The van der Waals surface area contributed by atoms with Crippen molar-refractivity contribution >= 4 is 17.7 Å². The molecular weight excluding hydrogens is 466 g/mol. The molecule has 0 radical (unpaired) electrons. The van der Waals surface area contributed by atoms with Gasteiger partial charge in [0.1, 0.15) is 0 Å². The number of hydrogen-bond donors (Lipinski definition) is 4. The summed E-state index contributed by atoms with van der Waals surface area (Å²) in [5.41, 5.74) is 7.22. The molecule has 0 spiro atoms. The zero-order chi connectivity index (χ0) is 27.5. The molecular formula is C29H47N5O3. The Morgan fingerprint density at radius 3 is 2.32 bits per heavy atom. The van der Waals surface area contributed by atoms with Gasteiger partial charge in [-0.25, -0.2) is 4.79 Å². The lowest BCUT2D eigenvalue weighted by Gasteiger charge is -2.46. The van der Waals surface area contributed by atoms with E-state index in [4.69, 9.17) is 5.73 Å². The second-order valence-corrected chi connectivity index (χ2v) is 12.1. The fourth-order valence-corrected chi connectivity index (χ4v) is 6.88. The van der Waals surface area contributed by atoms with Crippen molar-refractivity contribution in [3.05, 3.63) is 37.2 Å². The Balaban J connectivity index is 1.85. The van der Waals surface area contributed by atoms with Crippen LogP contribution < -0.4 is 21.7 Å². The molecule has 0 aromatic rings. The number of nitrogens with one attached hydrogen (secondary N) is 3. The molecule has 5 N–H and O–H groups in total. The summed E-state index contributed by atoms with van der Waals surface area (Å²) >= 11 is 0. The molecule has 2 aliphatic carbocycles. The molecule has 8 nitrogen and oxygen atoms in total. The third-order valence-electron chi connectivity index (χ3n) is 9.13. The van der Waals surface area contributed by atoms with E-state index >= 15 is 0 Å². The third kappa shape index (κ3) is 5.88. The Labute approximate surface area is 222 Å². The number of primary amides is 1. The van der Waals surface area contributed by atoms with Gasteiger partial charge in [0.25, 0.3) is 5.91 Å². The summed E-state index contributed by atoms with van der Waals surface area (Å²) in [4.78, 5) is 39.7. The third-order valence-corrected chi connectivity index (χ3v) is 9.13. The van der Waals surface area contributed by atoms with Gasteiger partial charge in [-0.2, -0.15) is 0 Å². The summed E-state index contributed by atoms with van der Waals surface area (Å²) in [7, 11) is 0. The fourth-order valence-electron chi connectivity index (χ4n) is 6.88. The maximum Gasteiger partial charge on any atom is 0.312 e. The van der Waals surface area contributed by atoms with Crippen LogP contribution in [0.25, 0.3) is 0 Å². The van der Waals surface area contributed by atoms with Crippen molar-refractivity contribution in [1.82, 2.24) is 20.9 Å². The van der Waals surface area contributed by atoms with Crippen molar-refractivity contribution in [2.45, 2.75) is 90.8 Å². The Kier molecular flexibility index (Phi) is 8.81. The lowest BCUT2D eigenvalue weighted by Crippen LogP contribution is -2.55. The summed E-state index contributed by atoms with van der Waals surface area (Å²) < 4.78 is 0. The van der Waals surface area contributed by atoms with Crippen LogP contribution in [-0.4, -0.2) is 53.8 Å². The predicted molar refractivity (Wildman–Crippen MR) is 147 cm³/mol. The number of likely N-dealkylation sites (tertiary alicyclic amines) is 1. The zero-order valence-electron chi connectivity index (χ0n) is 23.2. The Morgan fingerprint density at radius 1 is 1.11 bits per heavy atom. The number of carbonyl (C=O) groups excluding carboxylic acids is 3. The minimum absolute atomic E-state index is 0.0970. The monoisotopic (exact) mass is 513 g/mol. The van der Waals surface area contributed by atoms with Crippen LogP contribution in [0.1, 0.15) is 72.6 Å². The van der Waals surface area contributed by atoms with E-state index in [9.17, 15) is 14.4 Å². The molecule has 0 aromatic heterocycles. The number of piperidine rings is 1. The van der Waals surface area contributed by atoms with E-state index in [-0.39, 0.29) is 29.5 Å². The molecule has 0 bridgehead atoms. The first-order valence-corrected chi connectivity index (χ1v) is 13.8. The summed E-state index contributed by atoms with van der Waals surface area (Å²) in [5, 5.41) is 8.95. The highest BCUT2D eigenvalue weighted by molar-refractivity contribution is 6.38. The molecule has 4 unspecified atom stereocenters. The number of nitrogens with zero attached hydrogens (tertiary/aromatic N) is 1. The van der Waals surface area contributed by atoms with E-state index in [0.717, 1.165) is 44.3 Å². The van der Waals surface area contributed by atoms with Gasteiger partial charge in [-0.05, 0) is 41.9 Å².